The summed E-state index contributed by atoms with van der Waals surface area (Å²) in [5.74, 6) is -0.548. The molecule has 0 aromatic carbocycles. The highest BCUT2D eigenvalue weighted by Crippen LogP contribution is 2.31. The summed E-state index contributed by atoms with van der Waals surface area (Å²) in [6.07, 6.45) is 0.348. The van der Waals surface area contributed by atoms with E-state index >= 15 is 0 Å². The van der Waals surface area contributed by atoms with Crippen molar-refractivity contribution in [2.24, 2.45) is 0 Å². The minimum atomic E-state index is -0.838. The standard InChI is InChI=1S/C21H38N2O7/c1-19(2,3)29-17(25)22-15(16(24)27-9)12-10-11-14-13-28-21(7,8)23(14)18(26)30-20(4,5)6/h14-15H,10-13H2,1-9H3,(H,22,25)/t14-,15-/m1/s1. The van der Waals surface area contributed by atoms with Crippen LogP contribution in [0.2, 0.25) is 0 Å². The topological polar surface area (TPSA) is 103 Å². The zero-order valence-electron chi connectivity index (χ0n) is 19.8. The molecule has 1 fully saturated rings. The van der Waals surface area contributed by atoms with Gasteiger partial charge in [0.2, 0.25) is 0 Å². The summed E-state index contributed by atoms with van der Waals surface area (Å²) in [5.41, 5.74) is -2.08. The number of nitrogens with zero attached hydrogens (tertiary/aromatic N) is 1. The largest absolute Gasteiger partial charge is 0.467 e. The first-order valence-corrected chi connectivity index (χ1v) is 10.3. The number of alkyl carbamates (subject to hydrolysis) is 1. The van der Waals surface area contributed by atoms with E-state index in [1.54, 1.807) is 25.7 Å². The van der Waals surface area contributed by atoms with Crippen LogP contribution in [0.4, 0.5) is 9.59 Å². The number of methoxy groups -OCH3 is 1. The zero-order valence-corrected chi connectivity index (χ0v) is 19.8. The first-order valence-electron chi connectivity index (χ1n) is 10.3. The van der Waals surface area contributed by atoms with Crippen LogP contribution in [-0.2, 0) is 23.7 Å². The van der Waals surface area contributed by atoms with E-state index < -0.39 is 41.1 Å². The molecule has 2 atom stereocenters. The molecule has 0 aliphatic carbocycles. The monoisotopic (exact) mass is 430 g/mol. The van der Waals surface area contributed by atoms with Gasteiger partial charge in [0.05, 0.1) is 19.8 Å². The molecule has 0 radical (unpaired) electrons. The van der Waals surface area contributed by atoms with Crippen LogP contribution >= 0.6 is 0 Å². The van der Waals surface area contributed by atoms with Crippen LogP contribution in [0.1, 0.15) is 74.7 Å². The van der Waals surface area contributed by atoms with Crippen molar-refractivity contribution in [2.45, 2.75) is 104 Å². The van der Waals surface area contributed by atoms with Gasteiger partial charge in [-0.3, -0.25) is 4.90 Å². The third kappa shape index (κ3) is 8.38. The van der Waals surface area contributed by atoms with Gasteiger partial charge in [0, 0.05) is 0 Å². The summed E-state index contributed by atoms with van der Waals surface area (Å²) in [6, 6.07) is -1.04. The van der Waals surface area contributed by atoms with Gasteiger partial charge in [0.15, 0.2) is 0 Å². The van der Waals surface area contributed by atoms with Gasteiger partial charge < -0.3 is 24.3 Å². The highest BCUT2D eigenvalue weighted by molar-refractivity contribution is 5.81. The third-order valence-electron chi connectivity index (χ3n) is 4.37. The number of esters is 1. The van der Waals surface area contributed by atoms with Gasteiger partial charge in [-0.15, -0.1) is 0 Å². The van der Waals surface area contributed by atoms with Gasteiger partial charge in [-0.2, -0.15) is 0 Å². The third-order valence-corrected chi connectivity index (χ3v) is 4.37. The molecule has 0 unspecified atom stereocenters. The highest BCUT2D eigenvalue weighted by atomic mass is 16.6. The van der Waals surface area contributed by atoms with Gasteiger partial charge in [0.25, 0.3) is 0 Å². The number of amides is 2. The van der Waals surface area contributed by atoms with Gasteiger partial charge in [0.1, 0.15) is 23.0 Å². The molecule has 1 aliphatic rings. The van der Waals surface area contributed by atoms with Crippen molar-refractivity contribution in [3.8, 4) is 0 Å². The molecule has 0 aromatic heterocycles. The van der Waals surface area contributed by atoms with Crippen molar-refractivity contribution in [1.82, 2.24) is 10.2 Å². The molecule has 9 nitrogen and oxygen atoms in total. The van der Waals surface area contributed by atoms with Crippen LogP contribution in [0.15, 0.2) is 0 Å². The van der Waals surface area contributed by atoms with E-state index in [1.807, 2.05) is 34.6 Å². The molecule has 30 heavy (non-hydrogen) atoms. The lowest BCUT2D eigenvalue weighted by atomic mass is 10.0. The second-order valence-electron chi connectivity index (χ2n) is 9.91. The Balaban J connectivity index is 2.73. The van der Waals surface area contributed by atoms with Crippen molar-refractivity contribution >= 4 is 18.2 Å². The van der Waals surface area contributed by atoms with E-state index in [1.165, 1.54) is 7.11 Å². The molecular weight excluding hydrogens is 392 g/mol. The van der Waals surface area contributed by atoms with Gasteiger partial charge in [-0.05, 0) is 74.7 Å². The van der Waals surface area contributed by atoms with Crippen LogP contribution < -0.4 is 5.32 Å². The number of hydrogen-bond acceptors (Lipinski definition) is 7. The molecular formula is C21H38N2O7. The Morgan fingerprint density at radius 3 is 2.17 bits per heavy atom. The maximum Gasteiger partial charge on any atom is 0.412 e. The quantitative estimate of drug-likeness (QED) is 0.507. The fourth-order valence-corrected chi connectivity index (χ4v) is 3.17. The Labute approximate surface area is 179 Å². The highest BCUT2D eigenvalue weighted by Gasteiger charge is 2.45. The summed E-state index contributed by atoms with van der Waals surface area (Å²) in [7, 11) is 1.27. The Morgan fingerprint density at radius 2 is 1.67 bits per heavy atom. The number of hydrogen-bond donors (Lipinski definition) is 1. The van der Waals surface area contributed by atoms with E-state index in [2.05, 4.69) is 5.32 Å². The average Bonchev–Trinajstić information content (AvgIpc) is 2.84. The lowest BCUT2D eigenvalue weighted by molar-refractivity contribution is -0.143. The molecule has 1 rings (SSSR count). The molecule has 9 heteroatoms. The Hall–Kier alpha value is -2.03. The fraction of sp³-hybridized carbons (Fsp3) is 0.857. The number of carbonyl (C=O) groups is 3. The average molecular weight is 431 g/mol. The SMILES string of the molecule is COC(=O)[C@@H](CCC[C@@H]1COC(C)(C)N1C(=O)OC(C)(C)C)NC(=O)OC(C)(C)C. The fourth-order valence-electron chi connectivity index (χ4n) is 3.17. The number of ether oxygens (including phenoxy) is 4. The smallest absolute Gasteiger partial charge is 0.412 e. The molecule has 0 bridgehead atoms. The van der Waals surface area contributed by atoms with Crippen molar-refractivity contribution in [2.75, 3.05) is 13.7 Å². The van der Waals surface area contributed by atoms with Crippen molar-refractivity contribution in [1.29, 1.82) is 0 Å². The second-order valence-corrected chi connectivity index (χ2v) is 9.91. The normalized spacial score (nSPS) is 19.8. The number of carbonyl (C=O) groups excluding carboxylic acids is 3. The molecule has 1 aliphatic heterocycles. The summed E-state index contributed by atoms with van der Waals surface area (Å²) in [6.45, 7) is 14.7. The molecule has 1 N–H and O–H groups in total. The van der Waals surface area contributed by atoms with Crippen LogP contribution in [0.3, 0.4) is 0 Å². The van der Waals surface area contributed by atoms with E-state index in [9.17, 15) is 14.4 Å². The predicted octanol–water partition coefficient (Wildman–Crippen LogP) is 3.60. The predicted molar refractivity (Wildman–Crippen MR) is 111 cm³/mol. The van der Waals surface area contributed by atoms with Crippen LogP contribution in [-0.4, -0.2) is 65.8 Å². The van der Waals surface area contributed by atoms with Crippen LogP contribution in [0.5, 0.6) is 0 Å². The van der Waals surface area contributed by atoms with Crippen LogP contribution in [0, 0.1) is 0 Å². The maximum atomic E-state index is 12.7. The summed E-state index contributed by atoms with van der Waals surface area (Å²) in [5, 5.41) is 2.56. The summed E-state index contributed by atoms with van der Waals surface area (Å²) < 4.78 is 21.3. The maximum absolute atomic E-state index is 12.7. The first kappa shape index (κ1) is 26.0. The molecule has 174 valence electrons. The van der Waals surface area contributed by atoms with E-state index in [0.29, 0.717) is 25.9 Å². The van der Waals surface area contributed by atoms with E-state index in [0.717, 1.165) is 0 Å². The van der Waals surface area contributed by atoms with Crippen molar-refractivity contribution in [3.63, 3.8) is 0 Å². The number of rotatable bonds is 6. The van der Waals surface area contributed by atoms with Crippen molar-refractivity contribution < 1.29 is 33.3 Å². The zero-order chi connectivity index (χ0) is 23.3. The van der Waals surface area contributed by atoms with Crippen LogP contribution in [0.25, 0.3) is 0 Å². The first-order chi connectivity index (χ1) is 13.6. The molecule has 1 heterocycles. The second kappa shape index (κ2) is 9.85. The lowest BCUT2D eigenvalue weighted by Gasteiger charge is -2.35. The Kier molecular flexibility index (Phi) is 8.54. The minimum absolute atomic E-state index is 0.199. The Bertz CT molecular complexity index is 620. The summed E-state index contributed by atoms with van der Waals surface area (Å²) in [4.78, 5) is 38.4. The molecule has 0 spiro atoms. The number of nitrogens with one attached hydrogen (secondary N) is 1. The van der Waals surface area contributed by atoms with Gasteiger partial charge in [-0.1, -0.05) is 0 Å². The van der Waals surface area contributed by atoms with Crippen molar-refractivity contribution in [3.05, 3.63) is 0 Å². The van der Waals surface area contributed by atoms with Gasteiger partial charge in [-0.25, -0.2) is 14.4 Å². The van der Waals surface area contributed by atoms with E-state index in [-0.39, 0.29) is 6.04 Å². The van der Waals surface area contributed by atoms with E-state index in [4.69, 9.17) is 18.9 Å². The minimum Gasteiger partial charge on any atom is -0.467 e. The van der Waals surface area contributed by atoms with Gasteiger partial charge >= 0.3 is 18.2 Å². The molecule has 0 saturated carbocycles. The molecule has 2 amide bonds. The molecule has 1 saturated heterocycles. The lowest BCUT2D eigenvalue weighted by Crippen LogP contribution is -2.50. The Morgan fingerprint density at radius 1 is 1.10 bits per heavy atom. The molecule has 0 aromatic rings. The summed E-state index contributed by atoms with van der Waals surface area (Å²) >= 11 is 0.